The first-order chi connectivity index (χ1) is 11.5. The van der Waals surface area contributed by atoms with Crippen LogP contribution in [0.15, 0.2) is 18.2 Å². The lowest BCUT2D eigenvalue weighted by Crippen LogP contribution is -2.38. The summed E-state index contributed by atoms with van der Waals surface area (Å²) in [6.07, 6.45) is 3.60. The summed E-state index contributed by atoms with van der Waals surface area (Å²) in [5, 5.41) is 27.5. The molecule has 0 radical (unpaired) electrons. The standard InChI is InChI=1S/C16H15N3O4S/c20-11-6-5-8(7-10(11)19(22)23)14-17-15(21)13-9-3-1-2-4-12(9)24-16(13)18-14/h5-7,14,18,20H,1-4H2,(H,17,21)/t14-/m0/s1. The van der Waals surface area contributed by atoms with E-state index in [1.165, 1.54) is 17.0 Å². The molecule has 0 fully saturated rings. The minimum absolute atomic E-state index is 0.149. The molecule has 2 aromatic rings. The van der Waals surface area contributed by atoms with Crippen LogP contribution in [0.25, 0.3) is 0 Å². The molecule has 1 aromatic carbocycles. The van der Waals surface area contributed by atoms with Crippen LogP contribution in [-0.4, -0.2) is 15.9 Å². The lowest BCUT2D eigenvalue weighted by atomic mass is 9.94. The van der Waals surface area contributed by atoms with E-state index >= 15 is 0 Å². The number of hydrogen-bond donors (Lipinski definition) is 3. The summed E-state index contributed by atoms with van der Waals surface area (Å²) in [7, 11) is 0. The van der Waals surface area contributed by atoms with Gasteiger partial charge >= 0.3 is 5.69 Å². The zero-order valence-electron chi connectivity index (χ0n) is 12.7. The van der Waals surface area contributed by atoms with E-state index in [1.807, 2.05) is 0 Å². The molecule has 8 heteroatoms. The van der Waals surface area contributed by atoms with Gasteiger partial charge in [-0.3, -0.25) is 14.9 Å². The third-order valence-corrected chi connectivity index (χ3v) is 5.70. The number of fused-ring (bicyclic) bond motifs is 3. The van der Waals surface area contributed by atoms with E-state index < -0.39 is 16.8 Å². The van der Waals surface area contributed by atoms with Crippen LogP contribution in [0.2, 0.25) is 0 Å². The normalized spacial score (nSPS) is 19.0. The topological polar surface area (TPSA) is 104 Å². The first-order valence-corrected chi connectivity index (χ1v) is 8.55. The Bertz CT molecular complexity index is 861. The quantitative estimate of drug-likeness (QED) is 0.573. The molecule has 0 saturated heterocycles. The van der Waals surface area contributed by atoms with Crippen molar-refractivity contribution in [1.82, 2.24) is 5.32 Å². The van der Waals surface area contributed by atoms with Crippen LogP contribution >= 0.6 is 11.3 Å². The molecule has 4 rings (SSSR count). The molecule has 1 aliphatic heterocycles. The van der Waals surface area contributed by atoms with Gasteiger partial charge in [-0.05, 0) is 37.3 Å². The summed E-state index contributed by atoms with van der Waals surface area (Å²) in [5.41, 5.74) is 2.02. The number of rotatable bonds is 2. The average molecular weight is 345 g/mol. The number of hydrogen-bond acceptors (Lipinski definition) is 6. The molecule has 3 N–H and O–H groups in total. The molecule has 0 unspecified atom stereocenters. The highest BCUT2D eigenvalue weighted by molar-refractivity contribution is 7.16. The summed E-state index contributed by atoms with van der Waals surface area (Å²) in [5.74, 6) is -0.540. The van der Waals surface area contributed by atoms with Crippen molar-refractivity contribution in [2.75, 3.05) is 5.32 Å². The maximum atomic E-state index is 12.6. The van der Waals surface area contributed by atoms with Gasteiger partial charge in [-0.2, -0.15) is 0 Å². The highest BCUT2D eigenvalue weighted by Gasteiger charge is 2.32. The summed E-state index contributed by atoms with van der Waals surface area (Å²) in [6.45, 7) is 0. The zero-order chi connectivity index (χ0) is 16.8. The minimum atomic E-state index is -0.640. The molecule has 24 heavy (non-hydrogen) atoms. The second-order valence-electron chi connectivity index (χ2n) is 5.97. The lowest BCUT2D eigenvalue weighted by molar-refractivity contribution is -0.385. The molecule has 0 bridgehead atoms. The highest BCUT2D eigenvalue weighted by atomic mass is 32.1. The Morgan fingerprint density at radius 1 is 1.25 bits per heavy atom. The van der Waals surface area contributed by atoms with Crippen molar-refractivity contribution in [3.8, 4) is 5.75 Å². The number of nitrogens with zero attached hydrogens (tertiary/aromatic N) is 1. The van der Waals surface area contributed by atoms with Gasteiger partial charge in [0, 0.05) is 16.5 Å². The van der Waals surface area contributed by atoms with E-state index in [-0.39, 0.29) is 11.6 Å². The lowest BCUT2D eigenvalue weighted by Gasteiger charge is -2.26. The fraction of sp³-hybridized carbons (Fsp3) is 0.312. The first kappa shape index (κ1) is 14.9. The molecular weight excluding hydrogens is 330 g/mol. The van der Waals surface area contributed by atoms with Crippen LogP contribution in [0, 0.1) is 10.1 Å². The van der Waals surface area contributed by atoms with Gasteiger partial charge in [0.25, 0.3) is 5.91 Å². The van der Waals surface area contributed by atoms with Crippen LogP contribution in [0.1, 0.15) is 45.4 Å². The third-order valence-electron chi connectivity index (χ3n) is 4.48. The van der Waals surface area contributed by atoms with Gasteiger partial charge in [-0.15, -0.1) is 11.3 Å². The number of phenols is 1. The van der Waals surface area contributed by atoms with Crippen molar-refractivity contribution in [2.45, 2.75) is 31.8 Å². The van der Waals surface area contributed by atoms with Gasteiger partial charge in [0.1, 0.15) is 11.2 Å². The molecule has 124 valence electrons. The van der Waals surface area contributed by atoms with E-state index in [0.717, 1.165) is 41.8 Å². The molecular formula is C16H15N3O4S. The Morgan fingerprint density at radius 2 is 2.04 bits per heavy atom. The van der Waals surface area contributed by atoms with Crippen LogP contribution in [0.5, 0.6) is 5.75 Å². The fourth-order valence-corrected chi connectivity index (χ4v) is 4.63. The van der Waals surface area contributed by atoms with Crippen LogP contribution < -0.4 is 10.6 Å². The van der Waals surface area contributed by atoms with E-state index in [9.17, 15) is 20.0 Å². The van der Waals surface area contributed by atoms with Crippen LogP contribution in [0.3, 0.4) is 0 Å². The molecule has 1 aromatic heterocycles. The fourth-order valence-electron chi connectivity index (χ4n) is 3.31. The third kappa shape index (κ3) is 2.30. The number of amides is 1. The maximum absolute atomic E-state index is 12.6. The Labute approximate surface area is 141 Å². The number of carbonyl (C=O) groups is 1. The summed E-state index contributed by atoms with van der Waals surface area (Å²) in [4.78, 5) is 24.2. The number of nitrogens with one attached hydrogen (secondary N) is 2. The number of aryl methyl sites for hydroxylation is 1. The van der Waals surface area contributed by atoms with Crippen molar-refractivity contribution >= 4 is 27.9 Å². The number of nitro benzene ring substituents is 1. The number of thiophene rings is 1. The monoisotopic (exact) mass is 345 g/mol. The predicted octanol–water partition coefficient (Wildman–Crippen LogP) is 3.09. The second kappa shape index (κ2) is 5.48. The highest BCUT2D eigenvalue weighted by Crippen LogP contribution is 2.42. The summed E-state index contributed by atoms with van der Waals surface area (Å²) in [6, 6.07) is 4.13. The van der Waals surface area contributed by atoms with Gasteiger partial charge in [0.05, 0.1) is 10.5 Å². The second-order valence-corrected chi connectivity index (χ2v) is 7.08. The van der Waals surface area contributed by atoms with Gasteiger partial charge < -0.3 is 15.7 Å². The van der Waals surface area contributed by atoms with Crippen molar-refractivity contribution < 1.29 is 14.8 Å². The number of phenolic OH excluding ortho intramolecular Hbond substituents is 1. The largest absolute Gasteiger partial charge is 0.502 e. The number of carbonyl (C=O) groups excluding carboxylic acids is 1. The molecule has 0 saturated carbocycles. The van der Waals surface area contributed by atoms with Gasteiger partial charge in [-0.25, -0.2) is 0 Å². The van der Waals surface area contributed by atoms with Crippen LogP contribution in [0.4, 0.5) is 10.7 Å². The van der Waals surface area contributed by atoms with E-state index in [1.54, 1.807) is 17.4 Å². The zero-order valence-corrected chi connectivity index (χ0v) is 13.5. The Kier molecular flexibility index (Phi) is 3.42. The van der Waals surface area contributed by atoms with E-state index in [2.05, 4.69) is 10.6 Å². The SMILES string of the molecule is O=C1N[C@H](c2ccc(O)c([N+](=O)[O-])c2)Nc2sc3c(c21)CCCC3. The predicted molar refractivity (Wildman–Crippen MR) is 89.6 cm³/mol. The van der Waals surface area contributed by atoms with E-state index in [0.29, 0.717) is 5.56 Å². The van der Waals surface area contributed by atoms with Crippen molar-refractivity contribution in [3.05, 3.63) is 49.9 Å². The molecule has 1 aliphatic carbocycles. The minimum Gasteiger partial charge on any atom is -0.502 e. The summed E-state index contributed by atoms with van der Waals surface area (Å²) < 4.78 is 0. The van der Waals surface area contributed by atoms with Crippen molar-refractivity contribution in [1.29, 1.82) is 0 Å². The van der Waals surface area contributed by atoms with Crippen LogP contribution in [-0.2, 0) is 12.8 Å². The molecule has 2 heterocycles. The smallest absolute Gasteiger partial charge is 0.311 e. The Hall–Kier alpha value is -2.61. The molecule has 1 atom stereocenters. The average Bonchev–Trinajstić information content (AvgIpc) is 2.93. The molecule has 1 amide bonds. The molecule has 0 spiro atoms. The summed E-state index contributed by atoms with van der Waals surface area (Å²) >= 11 is 1.60. The molecule has 2 aliphatic rings. The van der Waals surface area contributed by atoms with Gasteiger partial charge in [0.15, 0.2) is 5.75 Å². The number of anilines is 1. The Balaban J connectivity index is 1.71. The van der Waals surface area contributed by atoms with Gasteiger partial charge in [-0.1, -0.05) is 6.07 Å². The van der Waals surface area contributed by atoms with Crippen molar-refractivity contribution in [3.63, 3.8) is 0 Å². The number of nitro groups is 1. The Morgan fingerprint density at radius 3 is 2.83 bits per heavy atom. The van der Waals surface area contributed by atoms with Gasteiger partial charge in [0.2, 0.25) is 0 Å². The number of benzene rings is 1. The maximum Gasteiger partial charge on any atom is 0.311 e. The van der Waals surface area contributed by atoms with E-state index in [4.69, 9.17) is 0 Å². The van der Waals surface area contributed by atoms with Crippen molar-refractivity contribution in [2.24, 2.45) is 0 Å². The first-order valence-electron chi connectivity index (χ1n) is 7.74. The number of aromatic hydroxyl groups is 1. The molecule has 7 nitrogen and oxygen atoms in total.